The molecule has 0 bridgehead atoms. The zero-order valence-electron chi connectivity index (χ0n) is 24.1. The summed E-state index contributed by atoms with van der Waals surface area (Å²) in [6.45, 7) is 4.79. The molecular formula is C30H53N3O3S. The molecule has 0 saturated heterocycles. The maximum Gasteiger partial charge on any atom is 0.319 e. The lowest BCUT2D eigenvalue weighted by molar-refractivity contribution is -0.116. The SMILES string of the molecule is CCCCCCCCCCCCCCCCCCSCCNC(=O)C=Cc1c(C)nc(OC)nc1OC. The number of amides is 1. The van der Waals surface area contributed by atoms with Gasteiger partial charge in [0.15, 0.2) is 0 Å². The summed E-state index contributed by atoms with van der Waals surface area (Å²) in [6.07, 6.45) is 25.6. The first kappa shape index (κ1) is 33.3. The topological polar surface area (TPSA) is 73.3 Å². The number of nitrogens with one attached hydrogen (secondary N) is 1. The highest BCUT2D eigenvalue weighted by Crippen LogP contribution is 2.22. The van der Waals surface area contributed by atoms with Crippen LogP contribution < -0.4 is 14.8 Å². The van der Waals surface area contributed by atoms with E-state index in [1.54, 1.807) is 6.08 Å². The van der Waals surface area contributed by atoms with Crippen molar-refractivity contribution in [2.45, 2.75) is 117 Å². The van der Waals surface area contributed by atoms with Gasteiger partial charge in [0.1, 0.15) is 0 Å². The summed E-state index contributed by atoms with van der Waals surface area (Å²) >= 11 is 1.92. The van der Waals surface area contributed by atoms with Crippen molar-refractivity contribution in [3.8, 4) is 11.9 Å². The van der Waals surface area contributed by atoms with E-state index in [9.17, 15) is 4.79 Å². The predicted molar refractivity (Wildman–Crippen MR) is 159 cm³/mol. The van der Waals surface area contributed by atoms with E-state index in [2.05, 4.69) is 22.2 Å². The summed E-state index contributed by atoms with van der Waals surface area (Å²) in [5.41, 5.74) is 1.37. The summed E-state index contributed by atoms with van der Waals surface area (Å²) < 4.78 is 10.3. The van der Waals surface area contributed by atoms with Crippen molar-refractivity contribution in [3.63, 3.8) is 0 Å². The van der Waals surface area contributed by atoms with Gasteiger partial charge in [-0.2, -0.15) is 21.7 Å². The van der Waals surface area contributed by atoms with Gasteiger partial charge in [0.25, 0.3) is 0 Å². The molecule has 1 rings (SSSR count). The molecule has 0 aliphatic rings. The van der Waals surface area contributed by atoms with Crippen LogP contribution in [0.15, 0.2) is 6.08 Å². The van der Waals surface area contributed by atoms with Gasteiger partial charge in [-0.3, -0.25) is 4.79 Å². The number of nitrogens with zero attached hydrogens (tertiary/aromatic N) is 2. The normalized spacial score (nSPS) is 11.2. The summed E-state index contributed by atoms with van der Waals surface area (Å²) in [4.78, 5) is 20.5. The number of hydrogen-bond acceptors (Lipinski definition) is 6. The van der Waals surface area contributed by atoms with Crippen molar-refractivity contribution in [2.75, 3.05) is 32.3 Å². The third-order valence-corrected chi connectivity index (χ3v) is 7.62. The Morgan fingerprint density at radius 1 is 0.784 bits per heavy atom. The summed E-state index contributed by atoms with van der Waals surface area (Å²) in [5, 5.41) is 2.94. The van der Waals surface area contributed by atoms with E-state index in [1.165, 1.54) is 129 Å². The zero-order valence-corrected chi connectivity index (χ0v) is 24.9. The molecule has 0 atom stereocenters. The molecule has 0 unspecified atom stereocenters. The molecule has 0 aliphatic carbocycles. The van der Waals surface area contributed by atoms with E-state index in [4.69, 9.17) is 9.47 Å². The molecule has 0 radical (unpaired) electrons. The van der Waals surface area contributed by atoms with Gasteiger partial charge >= 0.3 is 6.01 Å². The molecule has 7 heteroatoms. The molecule has 0 fully saturated rings. The number of carbonyl (C=O) groups is 1. The van der Waals surface area contributed by atoms with Gasteiger partial charge in [0.2, 0.25) is 11.8 Å². The van der Waals surface area contributed by atoms with E-state index in [0.717, 1.165) is 5.75 Å². The fourth-order valence-electron chi connectivity index (χ4n) is 4.29. The Bertz CT molecular complexity index is 743. The Kier molecular flexibility index (Phi) is 21.0. The zero-order chi connectivity index (χ0) is 27.0. The summed E-state index contributed by atoms with van der Waals surface area (Å²) in [6, 6.07) is 0.248. The van der Waals surface area contributed by atoms with Gasteiger partial charge < -0.3 is 14.8 Å². The Balaban J connectivity index is 1.92. The van der Waals surface area contributed by atoms with Gasteiger partial charge in [-0.15, -0.1) is 0 Å². The number of aryl methyl sites for hydroxylation is 1. The summed E-state index contributed by atoms with van der Waals surface area (Å²) in [5.74, 6) is 2.37. The van der Waals surface area contributed by atoms with Crippen LogP contribution in [0.3, 0.4) is 0 Å². The maximum atomic E-state index is 12.1. The second-order valence-electron chi connectivity index (χ2n) is 9.76. The minimum Gasteiger partial charge on any atom is -0.480 e. The smallest absolute Gasteiger partial charge is 0.319 e. The number of hydrogen-bond donors (Lipinski definition) is 1. The van der Waals surface area contributed by atoms with Gasteiger partial charge in [-0.05, 0) is 25.2 Å². The lowest BCUT2D eigenvalue weighted by Crippen LogP contribution is -2.23. The van der Waals surface area contributed by atoms with Crippen LogP contribution >= 0.6 is 11.8 Å². The van der Waals surface area contributed by atoms with Gasteiger partial charge in [-0.25, -0.2) is 0 Å². The van der Waals surface area contributed by atoms with Crippen molar-refractivity contribution >= 4 is 23.7 Å². The van der Waals surface area contributed by atoms with Crippen LogP contribution in [0, 0.1) is 6.92 Å². The Labute approximate surface area is 231 Å². The fourth-order valence-corrected chi connectivity index (χ4v) is 5.15. The largest absolute Gasteiger partial charge is 0.480 e. The Morgan fingerprint density at radius 2 is 1.32 bits per heavy atom. The van der Waals surface area contributed by atoms with Crippen LogP contribution in [0.2, 0.25) is 0 Å². The maximum absolute atomic E-state index is 12.1. The van der Waals surface area contributed by atoms with Crippen LogP contribution in [0.5, 0.6) is 11.9 Å². The second kappa shape index (κ2) is 23.4. The van der Waals surface area contributed by atoms with E-state index in [-0.39, 0.29) is 11.9 Å². The number of unbranched alkanes of at least 4 members (excludes halogenated alkanes) is 15. The fraction of sp³-hybridized carbons (Fsp3) is 0.767. The lowest BCUT2D eigenvalue weighted by atomic mass is 10.0. The molecule has 1 amide bonds. The molecule has 1 N–H and O–H groups in total. The average molecular weight is 536 g/mol. The molecule has 212 valence electrons. The predicted octanol–water partition coefficient (Wildman–Crippen LogP) is 7.93. The number of thioether (sulfide) groups is 1. The van der Waals surface area contributed by atoms with E-state index < -0.39 is 0 Å². The molecular weight excluding hydrogens is 482 g/mol. The van der Waals surface area contributed by atoms with Gasteiger partial charge in [0, 0.05) is 18.4 Å². The standard InChI is InChI=1S/C30H53N3O3S/c1-5-6-7-8-9-10-11-12-13-14-15-16-17-18-19-20-24-37-25-23-31-28(34)22-21-27-26(2)32-30(36-4)33-29(27)35-3/h21-22H,5-20,23-25H2,1-4H3,(H,31,34). The molecule has 1 aromatic rings. The van der Waals surface area contributed by atoms with Crippen LogP contribution in [0.25, 0.3) is 6.08 Å². The molecule has 1 heterocycles. The van der Waals surface area contributed by atoms with Crippen molar-refractivity contribution in [1.82, 2.24) is 15.3 Å². The van der Waals surface area contributed by atoms with Crippen LogP contribution in [0.4, 0.5) is 0 Å². The van der Waals surface area contributed by atoms with E-state index in [0.29, 0.717) is 23.7 Å². The highest BCUT2D eigenvalue weighted by atomic mass is 32.2. The number of methoxy groups -OCH3 is 2. The number of carbonyl (C=O) groups excluding carboxylic acids is 1. The van der Waals surface area contributed by atoms with Crippen molar-refractivity contribution < 1.29 is 14.3 Å². The monoisotopic (exact) mass is 535 g/mol. The van der Waals surface area contributed by atoms with Crippen molar-refractivity contribution in [2.24, 2.45) is 0 Å². The highest BCUT2D eigenvalue weighted by Gasteiger charge is 2.10. The van der Waals surface area contributed by atoms with Gasteiger partial charge in [0.05, 0.1) is 25.5 Å². The minimum absolute atomic E-state index is 0.125. The number of aromatic nitrogens is 2. The Hall–Kier alpha value is -1.76. The molecule has 37 heavy (non-hydrogen) atoms. The van der Waals surface area contributed by atoms with Crippen molar-refractivity contribution in [3.05, 3.63) is 17.3 Å². The van der Waals surface area contributed by atoms with Crippen LogP contribution in [-0.2, 0) is 4.79 Å². The van der Waals surface area contributed by atoms with Crippen LogP contribution in [0.1, 0.15) is 121 Å². The van der Waals surface area contributed by atoms with E-state index >= 15 is 0 Å². The molecule has 0 aromatic carbocycles. The highest BCUT2D eigenvalue weighted by molar-refractivity contribution is 7.99. The third kappa shape index (κ3) is 17.4. The molecule has 0 saturated carbocycles. The first-order valence-electron chi connectivity index (χ1n) is 14.6. The van der Waals surface area contributed by atoms with E-state index in [1.807, 2.05) is 18.7 Å². The molecule has 0 aliphatic heterocycles. The average Bonchev–Trinajstić information content (AvgIpc) is 2.90. The lowest BCUT2D eigenvalue weighted by Gasteiger charge is -2.08. The quantitative estimate of drug-likeness (QED) is 0.107. The second-order valence-corrected chi connectivity index (χ2v) is 11.0. The van der Waals surface area contributed by atoms with Crippen molar-refractivity contribution in [1.29, 1.82) is 0 Å². The molecule has 1 aromatic heterocycles. The van der Waals surface area contributed by atoms with Gasteiger partial charge in [-0.1, -0.05) is 103 Å². The molecule has 0 spiro atoms. The Morgan fingerprint density at radius 3 is 1.84 bits per heavy atom. The minimum atomic E-state index is -0.125. The number of rotatable bonds is 24. The summed E-state index contributed by atoms with van der Waals surface area (Å²) in [7, 11) is 3.05. The van der Waals surface area contributed by atoms with Crippen LogP contribution in [-0.4, -0.2) is 48.1 Å². The molecule has 6 nitrogen and oxygen atoms in total. The third-order valence-electron chi connectivity index (χ3n) is 6.55. The first-order chi connectivity index (χ1) is 18.1. The number of ether oxygens (including phenoxy) is 2. The first-order valence-corrected chi connectivity index (χ1v) is 15.8.